The second-order valence-corrected chi connectivity index (χ2v) is 5.44. The van der Waals surface area contributed by atoms with Crippen LogP contribution in [0, 0.1) is 6.92 Å². The van der Waals surface area contributed by atoms with Crippen molar-refractivity contribution in [2.24, 2.45) is 7.05 Å². The largest absolute Gasteiger partial charge is 0.391 e. The van der Waals surface area contributed by atoms with Crippen LogP contribution in [0.3, 0.4) is 0 Å². The fraction of sp³-hybridized carbons (Fsp3) is 0.235. The van der Waals surface area contributed by atoms with Crippen LogP contribution in [-0.2, 0) is 13.7 Å². The summed E-state index contributed by atoms with van der Waals surface area (Å²) in [4.78, 5) is 17.0. The van der Waals surface area contributed by atoms with Gasteiger partial charge in [-0.15, -0.1) is 0 Å². The van der Waals surface area contributed by atoms with Crippen molar-refractivity contribution in [1.82, 2.24) is 20.0 Å². The second-order valence-electron chi connectivity index (χ2n) is 5.44. The lowest BCUT2D eigenvalue weighted by molar-refractivity contribution is 0.0929. The van der Waals surface area contributed by atoms with Crippen LogP contribution in [0.5, 0.6) is 0 Å². The van der Waals surface area contributed by atoms with Crippen molar-refractivity contribution >= 4 is 5.91 Å². The number of hydrogen-bond donors (Lipinski definition) is 2. The molecule has 0 fully saturated rings. The molecule has 0 unspecified atom stereocenters. The molecule has 1 amide bonds. The van der Waals surface area contributed by atoms with Crippen LogP contribution in [0.25, 0.3) is 0 Å². The first-order valence-electron chi connectivity index (χ1n) is 7.51. The van der Waals surface area contributed by atoms with Gasteiger partial charge in [-0.3, -0.25) is 4.79 Å². The SMILES string of the molecule is Cc1onc(C(=O)N[C@H](c2ccccc2)c2nccn2C)c1CO. The molecule has 2 heterocycles. The third-order valence-electron chi connectivity index (χ3n) is 3.88. The van der Waals surface area contributed by atoms with Crippen LogP contribution in [0.1, 0.15) is 39.2 Å². The first-order chi connectivity index (χ1) is 11.6. The summed E-state index contributed by atoms with van der Waals surface area (Å²) in [7, 11) is 1.86. The zero-order valence-electron chi connectivity index (χ0n) is 13.4. The van der Waals surface area contributed by atoms with Crippen molar-refractivity contribution < 1.29 is 14.4 Å². The molecule has 0 saturated carbocycles. The fourth-order valence-electron chi connectivity index (χ4n) is 2.55. The first-order valence-corrected chi connectivity index (χ1v) is 7.51. The molecule has 0 spiro atoms. The van der Waals surface area contributed by atoms with Crippen molar-refractivity contribution in [2.75, 3.05) is 0 Å². The smallest absolute Gasteiger partial charge is 0.274 e. The van der Waals surface area contributed by atoms with Crippen molar-refractivity contribution in [2.45, 2.75) is 19.6 Å². The van der Waals surface area contributed by atoms with Crippen molar-refractivity contribution in [1.29, 1.82) is 0 Å². The van der Waals surface area contributed by atoms with Crippen molar-refractivity contribution in [3.05, 3.63) is 71.1 Å². The fourth-order valence-corrected chi connectivity index (χ4v) is 2.55. The number of aromatic nitrogens is 3. The number of nitrogens with zero attached hydrogens (tertiary/aromatic N) is 3. The van der Waals surface area contributed by atoms with Crippen molar-refractivity contribution in [3.63, 3.8) is 0 Å². The Balaban J connectivity index is 1.95. The topological polar surface area (TPSA) is 93.2 Å². The number of rotatable bonds is 5. The number of aryl methyl sites for hydroxylation is 2. The maximum Gasteiger partial charge on any atom is 0.274 e. The maximum absolute atomic E-state index is 12.6. The van der Waals surface area contributed by atoms with E-state index in [1.165, 1.54) is 0 Å². The number of carbonyl (C=O) groups excluding carboxylic acids is 1. The maximum atomic E-state index is 12.6. The van der Waals surface area contributed by atoms with Gasteiger partial charge < -0.3 is 19.5 Å². The van der Waals surface area contributed by atoms with Crippen LogP contribution in [-0.4, -0.2) is 25.7 Å². The number of imidazole rings is 1. The Bertz CT molecular complexity index is 839. The summed E-state index contributed by atoms with van der Waals surface area (Å²) in [6, 6.07) is 9.10. The number of nitrogens with one attached hydrogen (secondary N) is 1. The van der Waals surface area contributed by atoms with Gasteiger partial charge in [0.05, 0.1) is 12.2 Å². The molecule has 2 aromatic heterocycles. The number of amides is 1. The highest BCUT2D eigenvalue weighted by Gasteiger charge is 2.25. The Morgan fingerprint density at radius 1 is 1.38 bits per heavy atom. The molecule has 7 heteroatoms. The quantitative estimate of drug-likeness (QED) is 0.745. The summed E-state index contributed by atoms with van der Waals surface area (Å²) in [5.74, 6) is 0.698. The van der Waals surface area contributed by atoms with Gasteiger partial charge in [0.2, 0.25) is 0 Å². The molecule has 0 bridgehead atoms. The molecule has 24 heavy (non-hydrogen) atoms. The lowest BCUT2D eigenvalue weighted by Crippen LogP contribution is -2.32. The van der Waals surface area contributed by atoms with E-state index in [-0.39, 0.29) is 12.3 Å². The Hall–Kier alpha value is -2.93. The van der Waals surface area contributed by atoms with E-state index >= 15 is 0 Å². The Labute approximate surface area is 138 Å². The summed E-state index contributed by atoms with van der Waals surface area (Å²) in [5, 5.41) is 16.1. The molecule has 0 aliphatic rings. The van der Waals surface area contributed by atoms with Gasteiger partial charge in [-0.05, 0) is 12.5 Å². The number of carbonyl (C=O) groups is 1. The summed E-state index contributed by atoms with van der Waals surface area (Å²) >= 11 is 0. The Kier molecular flexibility index (Phi) is 4.43. The van der Waals surface area contributed by atoms with Crippen LogP contribution in [0.2, 0.25) is 0 Å². The predicted octanol–water partition coefficient (Wildman–Crippen LogP) is 1.73. The minimum absolute atomic E-state index is 0.0881. The van der Waals surface area contributed by atoms with E-state index in [1.807, 2.05) is 48.1 Å². The molecule has 0 aliphatic heterocycles. The van der Waals surface area contributed by atoms with E-state index in [0.717, 1.165) is 5.56 Å². The molecule has 0 aliphatic carbocycles. The van der Waals surface area contributed by atoms with Gasteiger partial charge in [-0.2, -0.15) is 0 Å². The number of benzene rings is 1. The molecular weight excluding hydrogens is 308 g/mol. The highest BCUT2D eigenvalue weighted by Crippen LogP contribution is 2.22. The van der Waals surface area contributed by atoms with Gasteiger partial charge in [0.25, 0.3) is 5.91 Å². The van der Waals surface area contributed by atoms with Crippen LogP contribution in [0.4, 0.5) is 0 Å². The lowest BCUT2D eigenvalue weighted by atomic mass is 10.1. The average Bonchev–Trinajstić information content (AvgIpc) is 3.18. The summed E-state index contributed by atoms with van der Waals surface area (Å²) < 4.78 is 6.86. The molecule has 0 saturated heterocycles. The van der Waals surface area contributed by atoms with Gasteiger partial charge >= 0.3 is 0 Å². The number of aliphatic hydroxyl groups is 1. The first kappa shape index (κ1) is 15.9. The summed E-state index contributed by atoms with van der Waals surface area (Å²) in [6.07, 6.45) is 3.49. The standard InChI is InChI=1S/C17H18N4O3/c1-11-13(10-22)15(20-24-11)17(23)19-14(12-6-4-3-5-7-12)16-18-8-9-21(16)2/h3-9,14,22H,10H2,1-2H3,(H,19,23)/t14-/m1/s1. The third kappa shape index (κ3) is 2.93. The highest BCUT2D eigenvalue weighted by molar-refractivity contribution is 5.94. The van der Waals surface area contributed by atoms with Gasteiger partial charge in [-0.1, -0.05) is 35.5 Å². The van der Waals surface area contributed by atoms with E-state index in [1.54, 1.807) is 13.1 Å². The van der Waals surface area contributed by atoms with Gasteiger partial charge in [0, 0.05) is 19.4 Å². The molecular formula is C17H18N4O3. The van der Waals surface area contributed by atoms with Crippen molar-refractivity contribution in [3.8, 4) is 0 Å². The zero-order chi connectivity index (χ0) is 17.1. The third-order valence-corrected chi connectivity index (χ3v) is 3.88. The van der Waals surface area contributed by atoms with E-state index in [9.17, 15) is 9.90 Å². The molecule has 3 aromatic rings. The normalized spacial score (nSPS) is 12.1. The molecule has 3 rings (SSSR count). The molecule has 0 radical (unpaired) electrons. The van der Waals surface area contributed by atoms with Gasteiger partial charge in [-0.25, -0.2) is 4.98 Å². The summed E-state index contributed by atoms with van der Waals surface area (Å²) in [5.41, 5.74) is 1.37. The van der Waals surface area contributed by atoms with Crippen LogP contribution < -0.4 is 5.32 Å². The Morgan fingerprint density at radius 2 is 2.12 bits per heavy atom. The second kappa shape index (κ2) is 6.67. The number of hydrogen-bond acceptors (Lipinski definition) is 5. The predicted molar refractivity (Wildman–Crippen MR) is 86.1 cm³/mol. The van der Waals surface area contributed by atoms with E-state index in [2.05, 4.69) is 15.5 Å². The molecule has 7 nitrogen and oxygen atoms in total. The molecule has 1 aromatic carbocycles. The monoisotopic (exact) mass is 326 g/mol. The summed E-state index contributed by atoms with van der Waals surface area (Å²) in [6.45, 7) is 1.35. The molecule has 1 atom stereocenters. The minimum Gasteiger partial charge on any atom is -0.391 e. The van der Waals surface area contributed by atoms with E-state index < -0.39 is 11.9 Å². The van der Waals surface area contributed by atoms with Crippen LogP contribution >= 0.6 is 0 Å². The Morgan fingerprint density at radius 3 is 2.75 bits per heavy atom. The minimum atomic E-state index is -0.442. The van der Waals surface area contributed by atoms with Gasteiger partial charge in [0.15, 0.2) is 5.69 Å². The van der Waals surface area contributed by atoms with E-state index in [4.69, 9.17) is 4.52 Å². The lowest BCUT2D eigenvalue weighted by Gasteiger charge is -2.18. The van der Waals surface area contributed by atoms with Crippen LogP contribution in [0.15, 0.2) is 47.2 Å². The number of aliphatic hydroxyl groups excluding tert-OH is 1. The van der Waals surface area contributed by atoms with Gasteiger partial charge in [0.1, 0.15) is 17.6 Å². The van der Waals surface area contributed by atoms with E-state index in [0.29, 0.717) is 17.1 Å². The molecule has 124 valence electrons. The zero-order valence-corrected chi connectivity index (χ0v) is 13.4. The highest BCUT2D eigenvalue weighted by atomic mass is 16.5. The molecule has 2 N–H and O–H groups in total. The average molecular weight is 326 g/mol.